The van der Waals surface area contributed by atoms with Crippen LogP contribution in [-0.2, 0) is 0 Å². The predicted octanol–water partition coefficient (Wildman–Crippen LogP) is 1.08. The predicted molar refractivity (Wildman–Crippen MR) is 50.7 cm³/mol. The number of hydrogen-bond donors (Lipinski definition) is 1. The molecule has 1 N–H and O–H groups in total. The van der Waals surface area contributed by atoms with Gasteiger partial charge in [0.15, 0.2) is 0 Å². The summed E-state index contributed by atoms with van der Waals surface area (Å²) in [6.45, 7) is 0. The van der Waals surface area contributed by atoms with Crippen LogP contribution < -0.4 is 0 Å². The third-order valence-corrected chi connectivity index (χ3v) is 1.75. The van der Waals surface area contributed by atoms with Crippen LogP contribution in [0.3, 0.4) is 0 Å². The highest BCUT2D eigenvalue weighted by atomic mass is 16.4. The molecular weight excluding hydrogens is 180 g/mol. The van der Waals surface area contributed by atoms with E-state index in [9.17, 15) is 0 Å². The molecule has 0 aliphatic heterocycles. The zero-order valence-electron chi connectivity index (χ0n) is 7.28. The molecule has 2 rings (SSSR count). The van der Waals surface area contributed by atoms with Crippen molar-refractivity contribution in [2.45, 2.75) is 0 Å². The first-order valence-electron chi connectivity index (χ1n) is 4.04. The van der Waals surface area contributed by atoms with Crippen molar-refractivity contribution >= 4 is 6.21 Å². The van der Waals surface area contributed by atoms with Crippen molar-refractivity contribution in [2.24, 2.45) is 5.16 Å². The maximum atomic E-state index is 8.31. The van der Waals surface area contributed by atoms with Crippen molar-refractivity contribution in [2.75, 3.05) is 0 Å². The van der Waals surface area contributed by atoms with Gasteiger partial charge in [-0.15, -0.1) is 0 Å². The summed E-state index contributed by atoms with van der Waals surface area (Å²) in [4.78, 5) is 1.51. The lowest BCUT2D eigenvalue weighted by Gasteiger charge is -1.98. The summed E-state index contributed by atoms with van der Waals surface area (Å²) in [5.41, 5.74) is 1.69. The highest BCUT2D eigenvalue weighted by molar-refractivity contribution is 5.79. The lowest BCUT2D eigenvalue weighted by molar-refractivity contribution is 0.322. The molecule has 70 valence electrons. The molecule has 1 heterocycles. The van der Waals surface area contributed by atoms with E-state index in [1.165, 1.54) is 11.0 Å². The first-order valence-corrected chi connectivity index (χ1v) is 4.04. The SMILES string of the molecule is ON=Cc1ccc(-n2nccn2)cc1. The number of nitrogens with zero attached hydrogens (tertiary/aromatic N) is 4. The van der Waals surface area contributed by atoms with Gasteiger partial charge in [-0.1, -0.05) is 17.3 Å². The van der Waals surface area contributed by atoms with Crippen LogP contribution in [0.2, 0.25) is 0 Å². The smallest absolute Gasteiger partial charge is 0.0857 e. The van der Waals surface area contributed by atoms with Gasteiger partial charge < -0.3 is 5.21 Å². The maximum absolute atomic E-state index is 8.31. The van der Waals surface area contributed by atoms with Crippen LogP contribution >= 0.6 is 0 Å². The molecule has 0 saturated carbocycles. The van der Waals surface area contributed by atoms with Crippen molar-refractivity contribution in [3.05, 3.63) is 42.2 Å². The minimum absolute atomic E-state index is 0.823. The maximum Gasteiger partial charge on any atom is 0.0857 e. The third-order valence-electron chi connectivity index (χ3n) is 1.75. The third kappa shape index (κ3) is 1.61. The van der Waals surface area contributed by atoms with Crippen LogP contribution in [0.4, 0.5) is 0 Å². The summed E-state index contributed by atoms with van der Waals surface area (Å²) in [5.74, 6) is 0. The summed E-state index contributed by atoms with van der Waals surface area (Å²) in [6.07, 6.45) is 4.59. The van der Waals surface area contributed by atoms with Gasteiger partial charge in [-0.3, -0.25) is 0 Å². The standard InChI is InChI=1S/C9H8N4O/c14-12-7-8-1-3-9(4-2-8)13-10-5-6-11-13/h1-7,14H. The number of oxime groups is 1. The highest BCUT2D eigenvalue weighted by Crippen LogP contribution is 2.05. The molecule has 0 radical (unpaired) electrons. The Morgan fingerprint density at radius 3 is 2.36 bits per heavy atom. The highest BCUT2D eigenvalue weighted by Gasteiger charge is 1.96. The van der Waals surface area contributed by atoms with Crippen LogP contribution in [-0.4, -0.2) is 26.4 Å². The second kappa shape index (κ2) is 3.69. The van der Waals surface area contributed by atoms with E-state index in [1.807, 2.05) is 24.3 Å². The Morgan fingerprint density at radius 1 is 1.14 bits per heavy atom. The molecule has 5 nitrogen and oxygen atoms in total. The molecule has 1 aromatic carbocycles. The topological polar surface area (TPSA) is 63.3 Å². The summed E-state index contributed by atoms with van der Waals surface area (Å²) in [6, 6.07) is 7.32. The Morgan fingerprint density at radius 2 is 1.79 bits per heavy atom. The molecule has 0 unspecified atom stereocenters. The summed E-state index contributed by atoms with van der Waals surface area (Å²) in [5, 5.41) is 19.2. The quantitative estimate of drug-likeness (QED) is 0.435. The number of benzene rings is 1. The lowest BCUT2D eigenvalue weighted by atomic mass is 10.2. The Hall–Kier alpha value is -2.17. The van der Waals surface area contributed by atoms with Crippen LogP contribution in [0.25, 0.3) is 5.69 Å². The van der Waals surface area contributed by atoms with E-state index in [-0.39, 0.29) is 0 Å². The molecule has 0 fully saturated rings. The van der Waals surface area contributed by atoms with Gasteiger partial charge in [-0.05, 0) is 17.7 Å². The van der Waals surface area contributed by atoms with E-state index in [0.29, 0.717) is 0 Å². The zero-order valence-corrected chi connectivity index (χ0v) is 7.28. The molecule has 2 aromatic rings. The van der Waals surface area contributed by atoms with Crippen LogP contribution in [0.15, 0.2) is 41.8 Å². The second-order valence-electron chi connectivity index (χ2n) is 2.65. The molecule has 0 amide bonds. The number of rotatable bonds is 2. The van der Waals surface area contributed by atoms with Crippen LogP contribution in [0.1, 0.15) is 5.56 Å². The van der Waals surface area contributed by atoms with E-state index in [0.717, 1.165) is 11.3 Å². The van der Waals surface area contributed by atoms with E-state index in [1.54, 1.807) is 12.4 Å². The van der Waals surface area contributed by atoms with Gasteiger partial charge in [0.25, 0.3) is 0 Å². The lowest BCUT2D eigenvalue weighted by Crippen LogP contribution is -1.97. The monoisotopic (exact) mass is 188 g/mol. The van der Waals surface area contributed by atoms with Gasteiger partial charge in [0, 0.05) is 0 Å². The van der Waals surface area contributed by atoms with Crippen molar-refractivity contribution < 1.29 is 5.21 Å². The molecule has 5 heteroatoms. The molecule has 0 atom stereocenters. The molecule has 0 spiro atoms. The van der Waals surface area contributed by atoms with Gasteiger partial charge in [0.05, 0.1) is 24.3 Å². The number of hydrogen-bond acceptors (Lipinski definition) is 4. The Bertz CT molecular complexity index is 419. The van der Waals surface area contributed by atoms with Crippen molar-refractivity contribution in [1.29, 1.82) is 0 Å². The molecule has 0 aliphatic rings. The average molecular weight is 188 g/mol. The van der Waals surface area contributed by atoms with E-state index < -0.39 is 0 Å². The first-order chi connectivity index (χ1) is 6.90. The molecule has 1 aromatic heterocycles. The molecule has 14 heavy (non-hydrogen) atoms. The zero-order chi connectivity index (χ0) is 9.80. The minimum atomic E-state index is 0.823. The van der Waals surface area contributed by atoms with E-state index in [2.05, 4.69) is 15.4 Å². The van der Waals surface area contributed by atoms with Crippen LogP contribution in [0.5, 0.6) is 0 Å². The van der Waals surface area contributed by atoms with Crippen LogP contribution in [0, 0.1) is 0 Å². The Labute approximate surface area is 80.3 Å². The summed E-state index contributed by atoms with van der Waals surface area (Å²) >= 11 is 0. The largest absolute Gasteiger partial charge is 0.411 e. The minimum Gasteiger partial charge on any atom is -0.411 e. The molecular formula is C9H8N4O. The Kier molecular flexibility index (Phi) is 2.22. The second-order valence-corrected chi connectivity index (χ2v) is 2.65. The first kappa shape index (κ1) is 8.43. The normalized spacial score (nSPS) is 10.9. The molecule has 0 bridgehead atoms. The van der Waals surface area contributed by atoms with Gasteiger partial charge in [-0.25, -0.2) is 0 Å². The number of aromatic nitrogens is 3. The molecule has 0 saturated heterocycles. The van der Waals surface area contributed by atoms with Gasteiger partial charge in [0.2, 0.25) is 0 Å². The van der Waals surface area contributed by atoms with Gasteiger partial charge in [-0.2, -0.15) is 15.0 Å². The van der Waals surface area contributed by atoms with Crippen molar-refractivity contribution in [3.63, 3.8) is 0 Å². The van der Waals surface area contributed by atoms with E-state index >= 15 is 0 Å². The Balaban J connectivity index is 2.31. The fourth-order valence-corrected chi connectivity index (χ4v) is 1.11. The van der Waals surface area contributed by atoms with Gasteiger partial charge >= 0.3 is 0 Å². The van der Waals surface area contributed by atoms with Gasteiger partial charge in [0.1, 0.15) is 0 Å². The molecule has 0 aliphatic carbocycles. The fourth-order valence-electron chi connectivity index (χ4n) is 1.11. The summed E-state index contributed by atoms with van der Waals surface area (Å²) < 4.78 is 0. The van der Waals surface area contributed by atoms with Crippen molar-refractivity contribution in [1.82, 2.24) is 15.0 Å². The fraction of sp³-hybridized carbons (Fsp3) is 0. The van der Waals surface area contributed by atoms with Crippen molar-refractivity contribution in [3.8, 4) is 5.69 Å². The summed E-state index contributed by atoms with van der Waals surface area (Å²) in [7, 11) is 0. The average Bonchev–Trinajstić information content (AvgIpc) is 2.72. The van der Waals surface area contributed by atoms with E-state index in [4.69, 9.17) is 5.21 Å².